The Labute approximate surface area is 174 Å². The van der Waals surface area contributed by atoms with Crippen molar-refractivity contribution in [3.8, 4) is 0 Å². The fraction of sp³-hybridized carbons (Fsp3) is 0.636. The highest BCUT2D eigenvalue weighted by Crippen LogP contribution is 2.24. The Bertz CT molecular complexity index is 837. The molecule has 1 aromatic carbocycles. The monoisotopic (exact) mass is 423 g/mol. The Balaban J connectivity index is 2.21. The van der Waals surface area contributed by atoms with Crippen LogP contribution in [0.3, 0.4) is 0 Å². The lowest BCUT2D eigenvalue weighted by molar-refractivity contribution is -0.126. The number of benzene rings is 1. The van der Waals surface area contributed by atoms with Gasteiger partial charge in [0.05, 0.1) is 11.9 Å². The molecule has 6 nitrogen and oxygen atoms in total. The molecule has 162 valence electrons. The lowest BCUT2D eigenvalue weighted by Crippen LogP contribution is -2.50. The molecule has 1 aliphatic heterocycles. The van der Waals surface area contributed by atoms with Gasteiger partial charge in [0.2, 0.25) is 5.91 Å². The van der Waals surface area contributed by atoms with Gasteiger partial charge in [0, 0.05) is 0 Å². The van der Waals surface area contributed by atoms with Crippen molar-refractivity contribution in [1.82, 2.24) is 5.32 Å². The van der Waals surface area contributed by atoms with Crippen LogP contribution in [-0.4, -0.2) is 44.1 Å². The summed E-state index contributed by atoms with van der Waals surface area (Å²) in [5.41, 5.74) is 1.74. The minimum Gasteiger partial charge on any atom is -0.368 e. The SMILES string of the molecule is CC(C)C[C@H](C(=O)N[C@@H]1C(=O)CO[C@H]1C)S(=O)(=O)Cc1ccc(C(C)(C)C)cc1. The van der Waals surface area contributed by atoms with E-state index in [-0.39, 0.29) is 35.9 Å². The number of ether oxygens (including phenoxy) is 1. The number of Topliss-reactive ketones (excluding diaryl/α,β-unsaturated/α-hetero) is 1. The topological polar surface area (TPSA) is 89.5 Å². The molecule has 0 bridgehead atoms. The summed E-state index contributed by atoms with van der Waals surface area (Å²) in [6.07, 6.45) is -0.261. The lowest BCUT2D eigenvalue weighted by atomic mass is 9.87. The number of rotatable bonds is 7. The van der Waals surface area contributed by atoms with Gasteiger partial charge in [0.15, 0.2) is 15.6 Å². The van der Waals surface area contributed by atoms with E-state index in [1.807, 2.05) is 26.0 Å². The van der Waals surface area contributed by atoms with E-state index in [1.54, 1.807) is 19.1 Å². The fourth-order valence-corrected chi connectivity index (χ4v) is 5.31. The van der Waals surface area contributed by atoms with Gasteiger partial charge in [-0.1, -0.05) is 58.9 Å². The van der Waals surface area contributed by atoms with Crippen LogP contribution in [0.4, 0.5) is 0 Å². The zero-order chi connectivity index (χ0) is 22.0. The molecule has 7 heteroatoms. The molecule has 29 heavy (non-hydrogen) atoms. The van der Waals surface area contributed by atoms with Gasteiger partial charge < -0.3 is 10.1 Å². The molecule has 1 fully saturated rings. The molecule has 1 heterocycles. The van der Waals surface area contributed by atoms with Gasteiger partial charge in [0.25, 0.3) is 0 Å². The molecule has 0 saturated carbocycles. The molecule has 0 radical (unpaired) electrons. The summed E-state index contributed by atoms with van der Waals surface area (Å²) in [4.78, 5) is 24.8. The van der Waals surface area contributed by atoms with Crippen molar-refractivity contribution in [3.63, 3.8) is 0 Å². The summed E-state index contributed by atoms with van der Waals surface area (Å²) in [5.74, 6) is -1.06. The summed E-state index contributed by atoms with van der Waals surface area (Å²) < 4.78 is 31.5. The third-order valence-electron chi connectivity index (χ3n) is 5.20. The van der Waals surface area contributed by atoms with E-state index in [9.17, 15) is 18.0 Å². The maximum atomic E-state index is 13.1. The minimum atomic E-state index is -3.76. The van der Waals surface area contributed by atoms with E-state index >= 15 is 0 Å². The average Bonchev–Trinajstić information content (AvgIpc) is 2.90. The van der Waals surface area contributed by atoms with E-state index < -0.39 is 33.1 Å². The number of nitrogens with one attached hydrogen (secondary N) is 1. The van der Waals surface area contributed by atoms with E-state index in [1.165, 1.54) is 0 Å². The Kier molecular flexibility index (Phi) is 7.28. The zero-order valence-corrected chi connectivity index (χ0v) is 19.0. The van der Waals surface area contributed by atoms with Gasteiger partial charge in [0.1, 0.15) is 17.9 Å². The summed E-state index contributed by atoms with van der Waals surface area (Å²) in [6, 6.07) is 6.67. The van der Waals surface area contributed by atoms with Crippen molar-refractivity contribution < 1.29 is 22.7 Å². The molecular formula is C22H33NO5S. The predicted octanol–water partition coefficient (Wildman–Crippen LogP) is 2.79. The van der Waals surface area contributed by atoms with Crippen molar-refractivity contribution >= 4 is 21.5 Å². The van der Waals surface area contributed by atoms with E-state index in [4.69, 9.17) is 4.74 Å². The summed E-state index contributed by atoms with van der Waals surface area (Å²) in [6.45, 7) is 11.7. The Morgan fingerprint density at radius 3 is 2.24 bits per heavy atom. The Morgan fingerprint density at radius 2 is 1.79 bits per heavy atom. The Morgan fingerprint density at radius 1 is 1.21 bits per heavy atom. The molecule has 0 aromatic heterocycles. The van der Waals surface area contributed by atoms with Crippen LogP contribution in [0.2, 0.25) is 0 Å². The van der Waals surface area contributed by atoms with Crippen LogP contribution in [0.15, 0.2) is 24.3 Å². The van der Waals surface area contributed by atoms with E-state index in [2.05, 4.69) is 26.1 Å². The largest absolute Gasteiger partial charge is 0.368 e. The van der Waals surface area contributed by atoms with Crippen LogP contribution in [0, 0.1) is 5.92 Å². The molecule has 0 aliphatic carbocycles. The van der Waals surface area contributed by atoms with Gasteiger partial charge in [-0.15, -0.1) is 0 Å². The molecule has 0 spiro atoms. The smallest absolute Gasteiger partial charge is 0.239 e. The first-order valence-corrected chi connectivity index (χ1v) is 11.8. The molecule has 2 rings (SSSR count). The van der Waals surface area contributed by atoms with Crippen molar-refractivity contribution in [3.05, 3.63) is 35.4 Å². The minimum absolute atomic E-state index is 0.0109. The first-order valence-electron chi connectivity index (χ1n) is 10.1. The normalized spacial score (nSPS) is 21.4. The van der Waals surface area contributed by atoms with Gasteiger partial charge in [-0.2, -0.15) is 0 Å². The maximum Gasteiger partial charge on any atom is 0.239 e. The number of hydrogen-bond donors (Lipinski definition) is 1. The number of amides is 1. The Hall–Kier alpha value is -1.73. The highest BCUT2D eigenvalue weighted by atomic mass is 32.2. The highest BCUT2D eigenvalue weighted by molar-refractivity contribution is 7.92. The van der Waals surface area contributed by atoms with Gasteiger partial charge in [-0.05, 0) is 35.8 Å². The summed E-state index contributed by atoms with van der Waals surface area (Å²) in [7, 11) is -3.76. The van der Waals surface area contributed by atoms with Crippen molar-refractivity contribution in [2.45, 2.75) is 76.5 Å². The van der Waals surface area contributed by atoms with Crippen LogP contribution in [0.1, 0.15) is 59.1 Å². The first-order chi connectivity index (χ1) is 13.3. The van der Waals surface area contributed by atoms with Crippen LogP contribution < -0.4 is 5.32 Å². The number of ketones is 1. The van der Waals surface area contributed by atoms with Crippen LogP contribution in [0.5, 0.6) is 0 Å². The molecule has 1 saturated heterocycles. The van der Waals surface area contributed by atoms with Crippen LogP contribution in [0.25, 0.3) is 0 Å². The molecule has 1 aromatic rings. The second kappa shape index (κ2) is 8.96. The number of sulfone groups is 1. The van der Waals surface area contributed by atoms with Crippen molar-refractivity contribution in [2.75, 3.05) is 6.61 Å². The lowest BCUT2D eigenvalue weighted by Gasteiger charge is -2.23. The number of carbonyl (C=O) groups excluding carboxylic acids is 2. The summed E-state index contributed by atoms with van der Waals surface area (Å²) >= 11 is 0. The molecule has 3 atom stereocenters. The van der Waals surface area contributed by atoms with Gasteiger partial charge >= 0.3 is 0 Å². The van der Waals surface area contributed by atoms with Crippen LogP contribution >= 0.6 is 0 Å². The van der Waals surface area contributed by atoms with Crippen LogP contribution in [-0.2, 0) is 35.3 Å². The molecular weight excluding hydrogens is 390 g/mol. The molecule has 0 unspecified atom stereocenters. The second-order valence-corrected chi connectivity index (χ2v) is 11.5. The summed E-state index contributed by atoms with van der Waals surface area (Å²) in [5, 5.41) is 1.41. The standard InChI is InChI=1S/C22H33NO5S/c1-14(2)11-19(21(25)23-20-15(3)28-12-18(20)24)29(26,27)13-16-7-9-17(10-8-16)22(4,5)6/h7-10,14-15,19-20H,11-13H2,1-6H3,(H,23,25)/t15-,19+,20-/m0/s1. The third-order valence-corrected chi connectivity index (χ3v) is 7.21. The quantitative estimate of drug-likeness (QED) is 0.728. The first kappa shape index (κ1) is 23.5. The van der Waals surface area contributed by atoms with Crippen molar-refractivity contribution in [2.24, 2.45) is 5.92 Å². The van der Waals surface area contributed by atoms with E-state index in [0.29, 0.717) is 5.56 Å². The van der Waals surface area contributed by atoms with Gasteiger partial charge in [-0.25, -0.2) is 8.42 Å². The van der Waals surface area contributed by atoms with E-state index in [0.717, 1.165) is 5.56 Å². The molecule has 1 aliphatic rings. The van der Waals surface area contributed by atoms with Gasteiger partial charge in [-0.3, -0.25) is 9.59 Å². The zero-order valence-electron chi connectivity index (χ0n) is 18.2. The predicted molar refractivity (Wildman–Crippen MR) is 113 cm³/mol. The molecule has 1 amide bonds. The second-order valence-electron chi connectivity index (χ2n) is 9.34. The number of carbonyl (C=O) groups is 2. The third kappa shape index (κ3) is 6.12. The fourth-order valence-electron chi connectivity index (χ4n) is 3.38. The van der Waals surface area contributed by atoms with Crippen molar-refractivity contribution in [1.29, 1.82) is 0 Å². The maximum absolute atomic E-state index is 13.1. The molecule has 1 N–H and O–H groups in total. The highest BCUT2D eigenvalue weighted by Gasteiger charge is 2.39. The number of hydrogen-bond acceptors (Lipinski definition) is 5. The average molecular weight is 424 g/mol.